The minimum atomic E-state index is -0.515. The fraction of sp³-hybridized carbons (Fsp3) is 0.368. The molecule has 30 heavy (non-hydrogen) atoms. The van der Waals surface area contributed by atoms with E-state index in [0.717, 1.165) is 24.8 Å². The number of anilines is 3. The number of carbonyl (C=O) groups is 1. The van der Waals surface area contributed by atoms with Crippen molar-refractivity contribution in [3.63, 3.8) is 0 Å². The summed E-state index contributed by atoms with van der Waals surface area (Å²) in [4.78, 5) is 25.4. The standard InChI is InChI=1S/C19H24FN9O/c1-22-7-12-8-24-18-15(17(21)26-29(18)11-12)19(30)25-14-10-23-9-13(20)16(14)28-5-3-27(2)4-6-28/h8-11,22H,3-7H2,1-2H3,(H2,21,26)(H,25,30). The molecule has 0 unspecified atom stereocenters. The number of piperazine rings is 1. The number of nitrogen functional groups attached to an aromatic ring is 1. The number of nitrogens with one attached hydrogen (secondary N) is 2. The van der Waals surface area contributed by atoms with E-state index in [1.807, 2.05) is 19.0 Å². The quantitative estimate of drug-likeness (QED) is 0.556. The Balaban J connectivity index is 1.65. The van der Waals surface area contributed by atoms with Gasteiger partial charge in [0.15, 0.2) is 17.3 Å². The van der Waals surface area contributed by atoms with Gasteiger partial charge in [-0.3, -0.25) is 9.78 Å². The number of halogens is 1. The molecule has 1 fully saturated rings. The lowest BCUT2D eigenvalue weighted by molar-refractivity contribution is 0.102. The average Bonchev–Trinajstić information content (AvgIpc) is 3.04. The van der Waals surface area contributed by atoms with Crippen molar-refractivity contribution in [2.24, 2.45) is 0 Å². The predicted molar refractivity (Wildman–Crippen MR) is 112 cm³/mol. The minimum Gasteiger partial charge on any atom is -0.381 e. The van der Waals surface area contributed by atoms with Crippen molar-refractivity contribution in [3.05, 3.63) is 41.7 Å². The van der Waals surface area contributed by atoms with Gasteiger partial charge >= 0.3 is 0 Å². The molecule has 4 N–H and O–H groups in total. The summed E-state index contributed by atoms with van der Waals surface area (Å²) in [6.45, 7) is 3.50. The average molecular weight is 413 g/mol. The van der Waals surface area contributed by atoms with Gasteiger partial charge in [-0.2, -0.15) is 0 Å². The molecule has 1 aliphatic heterocycles. The first-order chi connectivity index (χ1) is 14.5. The Kier molecular flexibility index (Phi) is 5.46. The number of aromatic nitrogens is 4. The number of amides is 1. The van der Waals surface area contributed by atoms with E-state index >= 15 is 0 Å². The Morgan fingerprint density at radius 3 is 2.73 bits per heavy atom. The lowest BCUT2D eigenvalue weighted by atomic mass is 10.2. The van der Waals surface area contributed by atoms with Gasteiger partial charge in [0.2, 0.25) is 0 Å². The summed E-state index contributed by atoms with van der Waals surface area (Å²) in [5, 5.41) is 9.98. The van der Waals surface area contributed by atoms with Crippen LogP contribution in [0.2, 0.25) is 0 Å². The van der Waals surface area contributed by atoms with E-state index in [2.05, 4.69) is 30.6 Å². The van der Waals surface area contributed by atoms with Crippen molar-refractivity contribution < 1.29 is 9.18 Å². The van der Waals surface area contributed by atoms with Gasteiger partial charge in [0, 0.05) is 50.7 Å². The van der Waals surface area contributed by atoms with Crippen LogP contribution in [0.1, 0.15) is 15.9 Å². The van der Waals surface area contributed by atoms with Gasteiger partial charge in [-0.15, -0.1) is 5.10 Å². The Morgan fingerprint density at radius 1 is 1.23 bits per heavy atom. The predicted octanol–water partition coefficient (Wildman–Crippen LogP) is 0.569. The monoisotopic (exact) mass is 413 g/mol. The van der Waals surface area contributed by atoms with Gasteiger partial charge in [-0.1, -0.05) is 0 Å². The van der Waals surface area contributed by atoms with Crippen molar-refractivity contribution in [2.45, 2.75) is 6.54 Å². The highest BCUT2D eigenvalue weighted by Crippen LogP contribution is 2.30. The number of hydrogen-bond donors (Lipinski definition) is 3. The second kappa shape index (κ2) is 8.20. The summed E-state index contributed by atoms with van der Waals surface area (Å²) in [5.41, 5.74) is 7.98. The third kappa shape index (κ3) is 3.76. The summed E-state index contributed by atoms with van der Waals surface area (Å²) >= 11 is 0. The van der Waals surface area contributed by atoms with Crippen molar-refractivity contribution in [2.75, 3.05) is 56.2 Å². The molecule has 11 heteroatoms. The molecule has 0 aliphatic carbocycles. The van der Waals surface area contributed by atoms with E-state index in [-0.39, 0.29) is 17.1 Å². The van der Waals surface area contributed by atoms with Crippen LogP contribution in [0.3, 0.4) is 0 Å². The summed E-state index contributed by atoms with van der Waals surface area (Å²) in [6, 6.07) is 0. The molecule has 0 saturated carbocycles. The largest absolute Gasteiger partial charge is 0.381 e. The van der Waals surface area contributed by atoms with E-state index in [4.69, 9.17) is 5.73 Å². The van der Waals surface area contributed by atoms with Crippen LogP contribution in [-0.2, 0) is 6.54 Å². The number of fused-ring (bicyclic) bond motifs is 1. The van der Waals surface area contributed by atoms with Crippen LogP contribution in [0.25, 0.3) is 5.65 Å². The Bertz CT molecular complexity index is 1080. The van der Waals surface area contributed by atoms with Gasteiger partial charge in [0.05, 0.1) is 18.1 Å². The van der Waals surface area contributed by atoms with E-state index in [9.17, 15) is 9.18 Å². The zero-order valence-electron chi connectivity index (χ0n) is 16.9. The molecule has 4 heterocycles. The first kappa shape index (κ1) is 20.0. The number of nitrogens with zero attached hydrogens (tertiary/aromatic N) is 6. The second-order valence-corrected chi connectivity index (χ2v) is 7.28. The molecule has 0 bridgehead atoms. The number of pyridine rings is 1. The molecule has 3 aromatic rings. The number of carbonyl (C=O) groups excluding carboxylic acids is 1. The third-order valence-electron chi connectivity index (χ3n) is 5.10. The highest BCUT2D eigenvalue weighted by Gasteiger charge is 2.25. The van der Waals surface area contributed by atoms with Crippen molar-refractivity contribution >= 4 is 28.7 Å². The van der Waals surface area contributed by atoms with Crippen LogP contribution >= 0.6 is 0 Å². The molecule has 0 atom stereocenters. The molecule has 1 aliphatic rings. The number of rotatable bonds is 5. The number of likely N-dealkylation sites (N-methyl/N-ethyl adjacent to an activating group) is 1. The lowest BCUT2D eigenvalue weighted by Crippen LogP contribution is -2.45. The fourth-order valence-corrected chi connectivity index (χ4v) is 3.56. The minimum absolute atomic E-state index is 0.0483. The number of nitrogens with two attached hydrogens (primary N) is 1. The molecule has 4 rings (SSSR count). The van der Waals surface area contributed by atoms with Gasteiger partial charge in [-0.05, 0) is 14.1 Å². The SMILES string of the molecule is CNCc1cnc2c(C(=O)Nc3cncc(F)c3N3CCN(C)CC3)c(N)nn2c1. The van der Waals surface area contributed by atoms with Crippen LogP contribution in [-0.4, -0.2) is 70.7 Å². The van der Waals surface area contributed by atoms with Crippen LogP contribution in [0.15, 0.2) is 24.8 Å². The van der Waals surface area contributed by atoms with Gasteiger partial charge < -0.3 is 26.2 Å². The Hall–Kier alpha value is -3.31. The zero-order valence-corrected chi connectivity index (χ0v) is 16.9. The normalized spacial score (nSPS) is 15.0. The molecular formula is C19H24FN9O. The smallest absolute Gasteiger partial charge is 0.263 e. The maximum absolute atomic E-state index is 14.6. The Labute approximate surface area is 172 Å². The molecule has 0 aromatic carbocycles. The van der Waals surface area contributed by atoms with Crippen LogP contribution in [0, 0.1) is 5.82 Å². The maximum atomic E-state index is 14.6. The Morgan fingerprint density at radius 2 is 2.00 bits per heavy atom. The fourth-order valence-electron chi connectivity index (χ4n) is 3.56. The van der Waals surface area contributed by atoms with Crippen LogP contribution in [0.4, 0.5) is 21.6 Å². The summed E-state index contributed by atoms with van der Waals surface area (Å²) in [5.74, 6) is -0.953. The lowest BCUT2D eigenvalue weighted by Gasteiger charge is -2.35. The molecule has 3 aromatic heterocycles. The topological polar surface area (TPSA) is 117 Å². The molecular weight excluding hydrogens is 389 g/mol. The molecule has 1 saturated heterocycles. The van der Waals surface area contributed by atoms with Gasteiger partial charge in [0.1, 0.15) is 11.3 Å². The molecule has 0 spiro atoms. The van der Waals surface area contributed by atoms with Crippen molar-refractivity contribution in [1.29, 1.82) is 0 Å². The molecule has 158 valence electrons. The van der Waals surface area contributed by atoms with E-state index < -0.39 is 11.7 Å². The van der Waals surface area contributed by atoms with E-state index in [1.54, 1.807) is 12.4 Å². The van der Waals surface area contributed by atoms with E-state index in [1.165, 1.54) is 10.7 Å². The molecule has 10 nitrogen and oxygen atoms in total. The van der Waals surface area contributed by atoms with E-state index in [0.29, 0.717) is 31.0 Å². The first-order valence-electron chi connectivity index (χ1n) is 9.63. The highest BCUT2D eigenvalue weighted by molar-refractivity contribution is 6.12. The summed E-state index contributed by atoms with van der Waals surface area (Å²) < 4.78 is 16.1. The highest BCUT2D eigenvalue weighted by atomic mass is 19.1. The summed E-state index contributed by atoms with van der Waals surface area (Å²) in [7, 11) is 3.84. The molecule has 1 amide bonds. The molecule has 0 radical (unpaired) electrons. The van der Waals surface area contributed by atoms with Crippen LogP contribution in [0.5, 0.6) is 0 Å². The van der Waals surface area contributed by atoms with Crippen molar-refractivity contribution in [3.8, 4) is 0 Å². The third-order valence-corrected chi connectivity index (χ3v) is 5.10. The second-order valence-electron chi connectivity index (χ2n) is 7.28. The van der Waals surface area contributed by atoms with Gasteiger partial charge in [0.25, 0.3) is 5.91 Å². The van der Waals surface area contributed by atoms with Gasteiger partial charge in [-0.25, -0.2) is 13.9 Å². The zero-order chi connectivity index (χ0) is 21.3. The van der Waals surface area contributed by atoms with Crippen LogP contribution < -0.4 is 21.3 Å². The summed E-state index contributed by atoms with van der Waals surface area (Å²) in [6.07, 6.45) is 6.00. The number of hydrogen-bond acceptors (Lipinski definition) is 8. The maximum Gasteiger partial charge on any atom is 0.263 e. The van der Waals surface area contributed by atoms with Crippen molar-refractivity contribution in [1.82, 2.24) is 29.8 Å². The first-order valence-corrected chi connectivity index (χ1v) is 9.63.